The second kappa shape index (κ2) is 4.32. The molecule has 1 aliphatic heterocycles. The molecular weight excluding hydrogens is 242 g/mol. The number of furan rings is 1. The van der Waals surface area contributed by atoms with Crippen LogP contribution in [-0.2, 0) is 0 Å². The molecule has 0 aliphatic carbocycles. The average molecular weight is 255 g/mol. The third-order valence-corrected chi connectivity index (χ3v) is 3.56. The molecule has 3 rings (SSSR count). The highest BCUT2D eigenvalue weighted by atomic mass is 16.3. The van der Waals surface area contributed by atoms with Crippen LogP contribution in [0.25, 0.3) is 11.0 Å². The summed E-state index contributed by atoms with van der Waals surface area (Å²) < 4.78 is 5.52. The molecule has 1 aromatic carbocycles. The van der Waals surface area contributed by atoms with Crippen molar-refractivity contribution in [3.63, 3.8) is 0 Å². The molecule has 2 aromatic rings. The third kappa shape index (κ3) is 1.73. The summed E-state index contributed by atoms with van der Waals surface area (Å²) in [4.78, 5) is 15.2. The first kappa shape index (κ1) is 11.6. The minimum atomic E-state index is -0.114. The summed E-state index contributed by atoms with van der Waals surface area (Å²) in [5.74, 6) is 0. The SMILES string of the molecule is CN1C(=O)N(CC#N)CC1c1coc2ccccc12. The van der Waals surface area contributed by atoms with Crippen molar-refractivity contribution in [2.75, 3.05) is 20.1 Å². The minimum absolute atomic E-state index is 0.0653. The summed E-state index contributed by atoms with van der Waals surface area (Å²) in [6, 6.07) is 9.60. The summed E-state index contributed by atoms with van der Waals surface area (Å²) in [5, 5.41) is 9.76. The number of urea groups is 1. The standard InChI is InChI=1S/C14H13N3O2/c1-16-12(8-17(7-6-15)14(16)18)11-9-19-13-5-3-2-4-10(11)13/h2-5,9,12H,7-8H2,1H3. The number of likely N-dealkylation sites (N-methyl/N-ethyl adjacent to an activating group) is 1. The maximum absolute atomic E-state index is 12.0. The van der Waals surface area contributed by atoms with E-state index >= 15 is 0 Å². The van der Waals surface area contributed by atoms with Crippen LogP contribution in [0, 0.1) is 11.3 Å². The van der Waals surface area contributed by atoms with Gasteiger partial charge in [-0.1, -0.05) is 18.2 Å². The summed E-state index contributed by atoms with van der Waals surface area (Å²) >= 11 is 0. The lowest BCUT2D eigenvalue weighted by Gasteiger charge is -2.16. The van der Waals surface area contributed by atoms with E-state index in [1.165, 1.54) is 0 Å². The van der Waals surface area contributed by atoms with Crippen LogP contribution in [0.15, 0.2) is 34.9 Å². The van der Waals surface area contributed by atoms with Crippen LogP contribution in [0.4, 0.5) is 4.79 Å². The topological polar surface area (TPSA) is 60.5 Å². The van der Waals surface area contributed by atoms with Crippen LogP contribution >= 0.6 is 0 Å². The molecule has 0 saturated carbocycles. The molecule has 2 amide bonds. The van der Waals surface area contributed by atoms with E-state index < -0.39 is 0 Å². The summed E-state index contributed by atoms with van der Waals surface area (Å²) in [5.41, 5.74) is 1.81. The molecule has 0 N–H and O–H groups in total. The number of nitrogens with zero attached hydrogens (tertiary/aromatic N) is 3. The normalized spacial score (nSPS) is 19.2. The van der Waals surface area contributed by atoms with Gasteiger partial charge >= 0.3 is 6.03 Å². The number of fused-ring (bicyclic) bond motifs is 1. The van der Waals surface area contributed by atoms with Crippen molar-refractivity contribution in [3.05, 3.63) is 36.1 Å². The molecule has 96 valence electrons. The minimum Gasteiger partial charge on any atom is -0.464 e. The number of nitriles is 1. The lowest BCUT2D eigenvalue weighted by atomic mass is 10.1. The molecule has 1 unspecified atom stereocenters. The lowest BCUT2D eigenvalue weighted by molar-refractivity contribution is 0.199. The quantitative estimate of drug-likeness (QED) is 0.774. The van der Waals surface area contributed by atoms with Crippen molar-refractivity contribution in [2.24, 2.45) is 0 Å². The van der Waals surface area contributed by atoms with Gasteiger partial charge in [-0.15, -0.1) is 0 Å². The summed E-state index contributed by atoms with van der Waals surface area (Å²) in [6.07, 6.45) is 1.70. The van der Waals surface area contributed by atoms with Crippen molar-refractivity contribution >= 4 is 17.0 Å². The highest BCUT2D eigenvalue weighted by molar-refractivity contribution is 5.84. The zero-order valence-electron chi connectivity index (χ0n) is 10.5. The maximum atomic E-state index is 12.0. The van der Waals surface area contributed by atoms with Crippen LogP contribution in [0.1, 0.15) is 11.6 Å². The number of benzene rings is 1. The Balaban J connectivity index is 1.99. The number of carbonyl (C=O) groups excluding carboxylic acids is 1. The van der Waals surface area contributed by atoms with Gasteiger partial charge in [-0.25, -0.2) is 4.79 Å². The first-order valence-corrected chi connectivity index (χ1v) is 6.07. The van der Waals surface area contributed by atoms with Crippen molar-refractivity contribution in [1.29, 1.82) is 5.26 Å². The van der Waals surface area contributed by atoms with E-state index in [1.807, 2.05) is 30.3 Å². The van der Waals surface area contributed by atoms with Gasteiger partial charge in [0, 0.05) is 24.5 Å². The van der Waals surface area contributed by atoms with E-state index in [2.05, 4.69) is 0 Å². The fraction of sp³-hybridized carbons (Fsp3) is 0.286. The first-order chi connectivity index (χ1) is 9.22. The highest BCUT2D eigenvalue weighted by Gasteiger charge is 2.36. The molecule has 5 heteroatoms. The lowest BCUT2D eigenvalue weighted by Crippen LogP contribution is -2.29. The number of hydrogen-bond acceptors (Lipinski definition) is 3. The molecule has 1 saturated heterocycles. The molecule has 19 heavy (non-hydrogen) atoms. The monoisotopic (exact) mass is 255 g/mol. The molecule has 0 bridgehead atoms. The molecule has 1 aromatic heterocycles. The number of rotatable bonds is 2. The van der Waals surface area contributed by atoms with Gasteiger partial charge in [0.05, 0.1) is 18.4 Å². The van der Waals surface area contributed by atoms with Gasteiger partial charge in [0.2, 0.25) is 0 Å². The fourth-order valence-electron chi connectivity index (χ4n) is 2.55. The number of hydrogen-bond donors (Lipinski definition) is 0. The highest BCUT2D eigenvalue weighted by Crippen LogP contribution is 2.33. The Morgan fingerprint density at radius 3 is 3.05 bits per heavy atom. The zero-order chi connectivity index (χ0) is 13.4. The Bertz CT molecular complexity index is 671. The predicted octanol–water partition coefficient (Wildman–Crippen LogP) is 2.36. The molecule has 5 nitrogen and oxygen atoms in total. The van der Waals surface area contributed by atoms with Gasteiger partial charge in [-0.2, -0.15) is 5.26 Å². The third-order valence-electron chi connectivity index (χ3n) is 3.56. The zero-order valence-corrected chi connectivity index (χ0v) is 10.5. The molecule has 0 radical (unpaired) electrons. The van der Waals surface area contributed by atoms with Crippen LogP contribution in [0.5, 0.6) is 0 Å². The van der Waals surface area contributed by atoms with E-state index in [-0.39, 0.29) is 18.6 Å². The molecule has 1 fully saturated rings. The Morgan fingerprint density at radius 1 is 1.47 bits per heavy atom. The predicted molar refractivity (Wildman–Crippen MR) is 69.3 cm³/mol. The fourth-order valence-corrected chi connectivity index (χ4v) is 2.55. The largest absolute Gasteiger partial charge is 0.464 e. The second-order valence-electron chi connectivity index (χ2n) is 4.64. The molecule has 2 heterocycles. The first-order valence-electron chi connectivity index (χ1n) is 6.07. The molecule has 1 aliphatic rings. The number of amides is 2. The van der Waals surface area contributed by atoms with Gasteiger partial charge < -0.3 is 14.2 Å². The second-order valence-corrected chi connectivity index (χ2v) is 4.64. The van der Waals surface area contributed by atoms with E-state index in [1.54, 1.807) is 23.1 Å². The summed E-state index contributed by atoms with van der Waals surface area (Å²) in [6.45, 7) is 0.641. The van der Waals surface area contributed by atoms with E-state index in [0.717, 1.165) is 16.5 Å². The van der Waals surface area contributed by atoms with E-state index in [0.29, 0.717) is 6.54 Å². The Morgan fingerprint density at radius 2 is 2.26 bits per heavy atom. The van der Waals surface area contributed by atoms with Gasteiger partial charge in [0.15, 0.2) is 0 Å². The van der Waals surface area contributed by atoms with Crippen LogP contribution in [0.2, 0.25) is 0 Å². The van der Waals surface area contributed by atoms with Gasteiger partial charge in [0.25, 0.3) is 0 Å². The Hall–Kier alpha value is -2.48. The van der Waals surface area contributed by atoms with Crippen molar-refractivity contribution < 1.29 is 9.21 Å². The molecule has 1 atom stereocenters. The van der Waals surface area contributed by atoms with Gasteiger partial charge in [-0.3, -0.25) is 0 Å². The molecule has 0 spiro atoms. The number of carbonyl (C=O) groups is 1. The van der Waals surface area contributed by atoms with Crippen LogP contribution < -0.4 is 0 Å². The van der Waals surface area contributed by atoms with Crippen LogP contribution in [-0.4, -0.2) is 36.0 Å². The summed E-state index contributed by atoms with van der Waals surface area (Å²) in [7, 11) is 1.76. The van der Waals surface area contributed by atoms with Crippen molar-refractivity contribution in [2.45, 2.75) is 6.04 Å². The van der Waals surface area contributed by atoms with Crippen LogP contribution in [0.3, 0.4) is 0 Å². The Kier molecular flexibility index (Phi) is 2.64. The average Bonchev–Trinajstić information content (AvgIpc) is 2.96. The maximum Gasteiger partial charge on any atom is 0.321 e. The van der Waals surface area contributed by atoms with E-state index in [4.69, 9.17) is 9.68 Å². The molecular formula is C14H13N3O2. The van der Waals surface area contributed by atoms with Gasteiger partial charge in [0.1, 0.15) is 12.1 Å². The number of para-hydroxylation sites is 1. The van der Waals surface area contributed by atoms with Crippen molar-refractivity contribution in [1.82, 2.24) is 9.80 Å². The van der Waals surface area contributed by atoms with E-state index in [9.17, 15) is 4.79 Å². The van der Waals surface area contributed by atoms with Crippen molar-refractivity contribution in [3.8, 4) is 6.07 Å². The Labute approximate surface area is 110 Å². The van der Waals surface area contributed by atoms with Gasteiger partial charge in [-0.05, 0) is 6.07 Å². The smallest absolute Gasteiger partial charge is 0.321 e.